The summed E-state index contributed by atoms with van der Waals surface area (Å²) in [6.07, 6.45) is 0.147. The first-order valence-electron chi connectivity index (χ1n) is 6.71. The molecule has 0 radical (unpaired) electrons. The van der Waals surface area contributed by atoms with Gasteiger partial charge in [-0.25, -0.2) is 13.6 Å². The Morgan fingerprint density at radius 3 is 2.50 bits per heavy atom. The zero-order valence-electron chi connectivity index (χ0n) is 12.0. The number of hydrogen-bond donors (Lipinski definition) is 1. The smallest absolute Gasteiger partial charge is 0.269 e. The second-order valence-corrected chi connectivity index (χ2v) is 7.13. The van der Waals surface area contributed by atoms with E-state index in [0.29, 0.717) is 6.54 Å². The number of benzene rings is 1. The third kappa shape index (κ3) is 3.80. The SMILES string of the molecule is C[C@@H](c1ccc([N+](=O)[O-])cc1)N1CC(CS(N)(=O)=O)CC1=O. The van der Waals surface area contributed by atoms with Gasteiger partial charge in [-0.1, -0.05) is 12.1 Å². The maximum atomic E-state index is 12.0. The number of non-ortho nitro benzene ring substituents is 1. The molecular formula is C13H17N3O5S. The maximum absolute atomic E-state index is 12.0. The molecule has 8 nitrogen and oxygen atoms in total. The molecule has 9 heteroatoms. The van der Waals surface area contributed by atoms with E-state index >= 15 is 0 Å². The fourth-order valence-electron chi connectivity index (χ4n) is 2.68. The summed E-state index contributed by atoms with van der Waals surface area (Å²) in [4.78, 5) is 23.8. The van der Waals surface area contributed by atoms with Gasteiger partial charge in [-0.2, -0.15) is 0 Å². The molecule has 1 aromatic rings. The van der Waals surface area contributed by atoms with Gasteiger partial charge in [0.05, 0.1) is 16.7 Å². The molecular weight excluding hydrogens is 310 g/mol. The highest BCUT2D eigenvalue weighted by molar-refractivity contribution is 7.89. The van der Waals surface area contributed by atoms with Gasteiger partial charge in [0, 0.05) is 31.0 Å². The van der Waals surface area contributed by atoms with Crippen LogP contribution in [0.4, 0.5) is 5.69 Å². The monoisotopic (exact) mass is 327 g/mol. The molecule has 1 fully saturated rings. The van der Waals surface area contributed by atoms with E-state index in [0.717, 1.165) is 5.56 Å². The second-order valence-electron chi connectivity index (χ2n) is 5.47. The third-order valence-corrected chi connectivity index (χ3v) is 4.70. The van der Waals surface area contributed by atoms with Crippen LogP contribution in [0.3, 0.4) is 0 Å². The Hall–Kier alpha value is -2.00. The molecule has 120 valence electrons. The number of primary sulfonamides is 1. The Labute approximate surface area is 128 Å². The van der Waals surface area contributed by atoms with Crippen molar-refractivity contribution in [1.82, 2.24) is 4.90 Å². The van der Waals surface area contributed by atoms with Crippen molar-refractivity contribution in [2.45, 2.75) is 19.4 Å². The summed E-state index contributed by atoms with van der Waals surface area (Å²) < 4.78 is 22.3. The first-order valence-corrected chi connectivity index (χ1v) is 8.43. The van der Waals surface area contributed by atoms with E-state index in [4.69, 9.17) is 5.14 Å². The van der Waals surface area contributed by atoms with Gasteiger partial charge in [0.15, 0.2) is 0 Å². The van der Waals surface area contributed by atoms with E-state index in [1.807, 2.05) is 0 Å². The van der Waals surface area contributed by atoms with E-state index in [-0.39, 0.29) is 35.7 Å². The summed E-state index contributed by atoms with van der Waals surface area (Å²) >= 11 is 0. The fraction of sp³-hybridized carbons (Fsp3) is 0.462. The molecule has 2 rings (SSSR count). The summed E-state index contributed by atoms with van der Waals surface area (Å²) in [5.41, 5.74) is 0.742. The molecule has 2 N–H and O–H groups in total. The molecule has 1 aromatic carbocycles. The van der Waals surface area contributed by atoms with Crippen LogP contribution < -0.4 is 5.14 Å². The lowest BCUT2D eigenvalue weighted by Gasteiger charge is -2.25. The average Bonchev–Trinajstić information content (AvgIpc) is 2.76. The van der Waals surface area contributed by atoms with Crippen LogP contribution in [0, 0.1) is 16.0 Å². The van der Waals surface area contributed by atoms with E-state index in [1.54, 1.807) is 24.0 Å². The van der Waals surface area contributed by atoms with Gasteiger partial charge in [-0.3, -0.25) is 14.9 Å². The Morgan fingerprint density at radius 1 is 1.41 bits per heavy atom. The number of rotatable bonds is 5. The normalized spacial score (nSPS) is 20.2. The zero-order chi connectivity index (χ0) is 16.5. The van der Waals surface area contributed by atoms with Gasteiger partial charge in [-0.05, 0) is 12.5 Å². The average molecular weight is 327 g/mol. The zero-order valence-corrected chi connectivity index (χ0v) is 12.8. The van der Waals surface area contributed by atoms with Crippen LogP contribution in [0.2, 0.25) is 0 Å². The molecule has 2 atom stereocenters. The van der Waals surface area contributed by atoms with Gasteiger partial charge >= 0.3 is 0 Å². The van der Waals surface area contributed by atoms with Crippen LogP contribution in [-0.2, 0) is 14.8 Å². The van der Waals surface area contributed by atoms with Crippen molar-refractivity contribution < 1.29 is 18.1 Å². The Kier molecular flexibility index (Phi) is 4.47. The standard InChI is InChI=1S/C13H17N3O5S/c1-9(11-2-4-12(5-3-11)16(18)19)15-7-10(6-13(15)17)8-22(14,20)21/h2-5,9-10H,6-8H2,1H3,(H2,14,20,21)/t9-,10?/m0/s1. The van der Waals surface area contributed by atoms with Crippen LogP contribution >= 0.6 is 0 Å². The molecule has 0 bridgehead atoms. The van der Waals surface area contributed by atoms with Crippen LogP contribution in [-0.4, -0.2) is 36.4 Å². The highest BCUT2D eigenvalue weighted by Crippen LogP contribution is 2.29. The van der Waals surface area contributed by atoms with Crippen molar-refractivity contribution >= 4 is 21.6 Å². The number of carbonyl (C=O) groups is 1. The maximum Gasteiger partial charge on any atom is 0.269 e. The molecule has 1 aliphatic heterocycles. The molecule has 1 heterocycles. The van der Waals surface area contributed by atoms with E-state index in [9.17, 15) is 23.3 Å². The van der Waals surface area contributed by atoms with E-state index in [1.165, 1.54) is 12.1 Å². The second kappa shape index (κ2) is 6.01. The van der Waals surface area contributed by atoms with Gasteiger partial charge < -0.3 is 4.90 Å². The minimum atomic E-state index is -3.61. The number of nitro groups is 1. The van der Waals surface area contributed by atoms with Gasteiger partial charge in [0.25, 0.3) is 5.69 Å². The fourth-order valence-corrected chi connectivity index (χ4v) is 3.56. The molecule has 1 aliphatic rings. The number of nitrogens with two attached hydrogens (primary N) is 1. The summed E-state index contributed by atoms with van der Waals surface area (Å²) in [5.74, 6) is -0.676. The minimum absolute atomic E-state index is 0.0178. The van der Waals surface area contributed by atoms with Crippen LogP contribution in [0.5, 0.6) is 0 Å². The van der Waals surface area contributed by atoms with Crippen molar-refractivity contribution in [3.05, 3.63) is 39.9 Å². The highest BCUT2D eigenvalue weighted by atomic mass is 32.2. The number of likely N-dealkylation sites (tertiary alicyclic amines) is 1. The third-order valence-electron chi connectivity index (χ3n) is 3.76. The molecule has 0 aliphatic carbocycles. The molecule has 0 saturated carbocycles. The number of carbonyl (C=O) groups excluding carboxylic acids is 1. The van der Waals surface area contributed by atoms with E-state index in [2.05, 4.69) is 0 Å². The van der Waals surface area contributed by atoms with Crippen LogP contribution in [0.1, 0.15) is 24.9 Å². The van der Waals surface area contributed by atoms with Crippen molar-refractivity contribution in [3.8, 4) is 0 Å². The summed E-state index contributed by atoms with van der Waals surface area (Å²) in [7, 11) is -3.61. The number of amides is 1. The molecule has 0 aromatic heterocycles. The highest BCUT2D eigenvalue weighted by Gasteiger charge is 2.34. The van der Waals surface area contributed by atoms with Crippen LogP contribution in [0.15, 0.2) is 24.3 Å². The molecule has 1 amide bonds. The molecule has 1 saturated heterocycles. The van der Waals surface area contributed by atoms with Crippen molar-refractivity contribution in [1.29, 1.82) is 0 Å². The topological polar surface area (TPSA) is 124 Å². The lowest BCUT2D eigenvalue weighted by Crippen LogP contribution is -2.30. The Bertz CT molecular complexity index is 686. The lowest BCUT2D eigenvalue weighted by atomic mass is 10.1. The summed E-state index contributed by atoms with van der Waals surface area (Å²) in [5, 5.41) is 15.7. The quantitative estimate of drug-likeness (QED) is 0.632. The first-order chi connectivity index (χ1) is 10.2. The number of sulfonamides is 1. The predicted molar refractivity (Wildman–Crippen MR) is 79.3 cm³/mol. The van der Waals surface area contributed by atoms with Crippen LogP contribution in [0.25, 0.3) is 0 Å². The van der Waals surface area contributed by atoms with Crippen molar-refractivity contribution in [2.75, 3.05) is 12.3 Å². The van der Waals surface area contributed by atoms with Crippen molar-refractivity contribution in [2.24, 2.45) is 11.1 Å². The molecule has 0 spiro atoms. The Balaban J connectivity index is 2.10. The predicted octanol–water partition coefficient (Wildman–Crippen LogP) is 0.793. The Morgan fingerprint density at radius 2 is 2.00 bits per heavy atom. The largest absolute Gasteiger partial charge is 0.336 e. The van der Waals surface area contributed by atoms with Gasteiger partial charge in [-0.15, -0.1) is 0 Å². The molecule has 22 heavy (non-hydrogen) atoms. The summed E-state index contributed by atoms with van der Waals surface area (Å²) in [6.45, 7) is 2.12. The van der Waals surface area contributed by atoms with Gasteiger partial charge in [0.1, 0.15) is 0 Å². The first kappa shape index (κ1) is 16.4. The van der Waals surface area contributed by atoms with Gasteiger partial charge in [0.2, 0.25) is 15.9 Å². The number of hydrogen-bond acceptors (Lipinski definition) is 5. The number of nitro benzene ring substituents is 1. The summed E-state index contributed by atoms with van der Waals surface area (Å²) in [6, 6.07) is 5.69. The molecule has 1 unspecified atom stereocenters. The lowest BCUT2D eigenvalue weighted by molar-refractivity contribution is -0.384. The number of nitrogens with zero attached hydrogens (tertiary/aromatic N) is 2. The minimum Gasteiger partial charge on any atom is -0.336 e. The van der Waals surface area contributed by atoms with Crippen molar-refractivity contribution in [3.63, 3.8) is 0 Å². The van der Waals surface area contributed by atoms with E-state index < -0.39 is 14.9 Å².